The second kappa shape index (κ2) is 14.8. The summed E-state index contributed by atoms with van der Waals surface area (Å²) in [7, 11) is -4.02. The van der Waals surface area contributed by atoms with Crippen molar-refractivity contribution in [1.29, 1.82) is 0 Å². The maximum atomic E-state index is 14.2. The van der Waals surface area contributed by atoms with Gasteiger partial charge in [0, 0.05) is 19.0 Å². The molecule has 1 N–H and O–H groups in total. The Kier molecular flexibility index (Phi) is 11.3. The maximum absolute atomic E-state index is 14.2. The summed E-state index contributed by atoms with van der Waals surface area (Å²) in [6, 6.07) is 16.6. The van der Waals surface area contributed by atoms with Crippen molar-refractivity contribution >= 4 is 62.3 Å². The highest BCUT2D eigenvalue weighted by Crippen LogP contribution is 2.27. The van der Waals surface area contributed by atoms with Gasteiger partial charge in [-0.2, -0.15) is 0 Å². The zero-order valence-electron chi connectivity index (χ0n) is 23.6. The number of nitrogens with one attached hydrogen (secondary N) is 1. The van der Waals surface area contributed by atoms with Crippen molar-refractivity contribution in [3.05, 3.63) is 98.7 Å². The van der Waals surface area contributed by atoms with Crippen molar-refractivity contribution in [3.8, 4) is 0 Å². The van der Waals surface area contributed by atoms with Crippen LogP contribution in [-0.2, 0) is 32.6 Å². The molecular formula is C31H33Cl3FN3O4S. The number of rotatable bonds is 11. The third-order valence-corrected chi connectivity index (χ3v) is 9.60. The molecule has 3 aromatic rings. The standard InChI is InChI=1S/C31H33Cl3FN3O4S/c1-43(41,42)38(24-13-15-28(35)27(34)18-24)20-30(39)37(19-22-12-14-25(32)26(33)16-22)29(17-21-8-4-2-5-9-21)31(40)36-23-10-6-3-7-11-23/h2,4-5,8-9,12-16,18,23,29H,3,6-7,10-11,17,19-20H2,1H3,(H,36,40). The summed E-state index contributed by atoms with van der Waals surface area (Å²) < 4.78 is 40.5. The first-order valence-electron chi connectivity index (χ1n) is 13.9. The molecule has 7 nitrogen and oxygen atoms in total. The Bertz CT molecular complexity index is 1550. The van der Waals surface area contributed by atoms with Gasteiger partial charge in [-0.3, -0.25) is 13.9 Å². The Morgan fingerprint density at radius 3 is 2.23 bits per heavy atom. The van der Waals surface area contributed by atoms with Crippen LogP contribution >= 0.6 is 34.8 Å². The molecule has 1 unspecified atom stereocenters. The number of hydrogen-bond acceptors (Lipinski definition) is 4. The van der Waals surface area contributed by atoms with E-state index in [0.29, 0.717) is 10.6 Å². The lowest BCUT2D eigenvalue weighted by molar-refractivity contribution is -0.140. The molecule has 12 heteroatoms. The summed E-state index contributed by atoms with van der Waals surface area (Å²) in [6.45, 7) is -0.697. The Labute approximate surface area is 267 Å². The van der Waals surface area contributed by atoms with Crippen LogP contribution in [0.15, 0.2) is 66.7 Å². The molecule has 2 amide bonds. The fourth-order valence-corrected chi connectivity index (χ4v) is 6.52. The largest absolute Gasteiger partial charge is 0.352 e. The second-order valence-electron chi connectivity index (χ2n) is 10.7. The minimum atomic E-state index is -4.02. The van der Waals surface area contributed by atoms with Gasteiger partial charge in [-0.15, -0.1) is 0 Å². The highest BCUT2D eigenvalue weighted by molar-refractivity contribution is 7.92. The molecular weight excluding hydrogens is 636 g/mol. The molecule has 1 atom stereocenters. The monoisotopic (exact) mass is 667 g/mol. The number of hydrogen-bond donors (Lipinski definition) is 1. The number of carbonyl (C=O) groups excluding carboxylic acids is 2. The van der Waals surface area contributed by atoms with E-state index in [2.05, 4.69) is 5.32 Å². The molecule has 1 saturated carbocycles. The van der Waals surface area contributed by atoms with Crippen molar-refractivity contribution in [3.63, 3.8) is 0 Å². The Balaban J connectivity index is 1.74. The summed E-state index contributed by atoms with van der Waals surface area (Å²) in [5, 5.41) is 3.45. The topological polar surface area (TPSA) is 86.8 Å². The number of benzene rings is 3. The average Bonchev–Trinajstić information content (AvgIpc) is 2.97. The number of halogens is 4. The van der Waals surface area contributed by atoms with E-state index in [1.54, 1.807) is 18.2 Å². The first-order valence-corrected chi connectivity index (χ1v) is 16.9. The van der Waals surface area contributed by atoms with Gasteiger partial charge in [0.2, 0.25) is 21.8 Å². The van der Waals surface area contributed by atoms with Crippen molar-refractivity contribution < 1.29 is 22.4 Å². The molecule has 3 aromatic carbocycles. The molecule has 0 spiro atoms. The van der Waals surface area contributed by atoms with Gasteiger partial charge in [0.1, 0.15) is 18.4 Å². The minimum Gasteiger partial charge on any atom is -0.352 e. The summed E-state index contributed by atoms with van der Waals surface area (Å²) >= 11 is 18.4. The van der Waals surface area contributed by atoms with Gasteiger partial charge in [-0.25, -0.2) is 12.8 Å². The molecule has 1 aliphatic rings. The molecule has 43 heavy (non-hydrogen) atoms. The predicted octanol–water partition coefficient (Wildman–Crippen LogP) is 6.64. The minimum absolute atomic E-state index is 0.0167. The van der Waals surface area contributed by atoms with Gasteiger partial charge in [-0.05, 0) is 54.3 Å². The van der Waals surface area contributed by atoms with E-state index < -0.39 is 34.3 Å². The zero-order valence-corrected chi connectivity index (χ0v) is 26.7. The molecule has 0 saturated heterocycles. The molecule has 0 heterocycles. The van der Waals surface area contributed by atoms with E-state index in [1.807, 2.05) is 30.3 Å². The molecule has 0 bridgehead atoms. The van der Waals surface area contributed by atoms with Crippen LogP contribution in [0.2, 0.25) is 15.1 Å². The fourth-order valence-electron chi connectivity index (χ4n) is 5.19. The number of amides is 2. The number of anilines is 1. The van der Waals surface area contributed by atoms with E-state index >= 15 is 0 Å². The van der Waals surface area contributed by atoms with Gasteiger partial charge in [0.05, 0.1) is 27.0 Å². The molecule has 0 radical (unpaired) electrons. The highest BCUT2D eigenvalue weighted by Gasteiger charge is 2.34. The smallest absolute Gasteiger partial charge is 0.244 e. The lowest BCUT2D eigenvalue weighted by Crippen LogP contribution is -2.55. The molecule has 0 aromatic heterocycles. The van der Waals surface area contributed by atoms with Gasteiger partial charge in [0.25, 0.3) is 0 Å². The van der Waals surface area contributed by atoms with Gasteiger partial charge >= 0.3 is 0 Å². The summed E-state index contributed by atoms with van der Waals surface area (Å²) in [4.78, 5) is 29.5. The van der Waals surface area contributed by atoms with Crippen LogP contribution in [0.25, 0.3) is 0 Å². The van der Waals surface area contributed by atoms with E-state index in [1.165, 1.54) is 11.0 Å². The van der Waals surface area contributed by atoms with Crippen LogP contribution in [0.5, 0.6) is 0 Å². The Hall–Kier alpha value is -2.85. The molecule has 1 aliphatic carbocycles. The molecule has 4 rings (SSSR count). The summed E-state index contributed by atoms with van der Waals surface area (Å²) in [5.74, 6) is -1.70. The average molecular weight is 669 g/mol. The molecule has 0 aliphatic heterocycles. The van der Waals surface area contributed by atoms with Crippen molar-refractivity contribution in [2.45, 2.75) is 57.2 Å². The van der Waals surface area contributed by atoms with Crippen molar-refractivity contribution in [1.82, 2.24) is 10.2 Å². The molecule has 1 fully saturated rings. The Morgan fingerprint density at radius 1 is 0.907 bits per heavy atom. The highest BCUT2D eigenvalue weighted by atomic mass is 35.5. The van der Waals surface area contributed by atoms with Gasteiger partial charge in [-0.1, -0.05) is 90.5 Å². The zero-order chi connectivity index (χ0) is 31.1. The van der Waals surface area contributed by atoms with Crippen LogP contribution in [0.3, 0.4) is 0 Å². The number of carbonyl (C=O) groups is 2. The SMILES string of the molecule is CS(=O)(=O)N(CC(=O)N(Cc1ccc(Cl)c(Cl)c1)C(Cc1ccccc1)C(=O)NC1CCCCC1)c1ccc(F)c(Cl)c1. The van der Waals surface area contributed by atoms with Gasteiger partial charge < -0.3 is 10.2 Å². The van der Waals surface area contributed by atoms with E-state index in [9.17, 15) is 22.4 Å². The predicted molar refractivity (Wildman–Crippen MR) is 170 cm³/mol. The maximum Gasteiger partial charge on any atom is 0.244 e. The summed E-state index contributed by atoms with van der Waals surface area (Å²) in [5.41, 5.74) is 1.44. The third kappa shape index (κ3) is 9.08. The second-order valence-corrected chi connectivity index (χ2v) is 13.8. The fraction of sp³-hybridized carbons (Fsp3) is 0.355. The van der Waals surface area contributed by atoms with Crippen molar-refractivity contribution in [2.75, 3.05) is 17.1 Å². The van der Waals surface area contributed by atoms with Crippen LogP contribution in [0.1, 0.15) is 43.2 Å². The number of nitrogens with zero attached hydrogens (tertiary/aromatic N) is 2. The van der Waals surface area contributed by atoms with E-state index in [-0.39, 0.29) is 40.6 Å². The summed E-state index contributed by atoms with van der Waals surface area (Å²) in [6.07, 6.45) is 5.94. The van der Waals surface area contributed by atoms with Gasteiger partial charge in [0.15, 0.2) is 0 Å². The van der Waals surface area contributed by atoms with E-state index in [0.717, 1.165) is 60.4 Å². The third-order valence-electron chi connectivity index (χ3n) is 7.43. The van der Waals surface area contributed by atoms with Crippen LogP contribution < -0.4 is 9.62 Å². The first kappa shape index (κ1) is 33.1. The van der Waals surface area contributed by atoms with Crippen LogP contribution in [0, 0.1) is 5.82 Å². The van der Waals surface area contributed by atoms with Crippen LogP contribution in [0.4, 0.5) is 10.1 Å². The van der Waals surface area contributed by atoms with Crippen molar-refractivity contribution in [2.24, 2.45) is 0 Å². The van der Waals surface area contributed by atoms with E-state index in [4.69, 9.17) is 34.8 Å². The Morgan fingerprint density at radius 2 is 1.60 bits per heavy atom. The molecule has 230 valence electrons. The quantitative estimate of drug-likeness (QED) is 0.248. The normalized spacial score (nSPS) is 14.6. The number of sulfonamides is 1. The van der Waals surface area contributed by atoms with Crippen LogP contribution in [-0.4, -0.2) is 50.0 Å². The lowest BCUT2D eigenvalue weighted by atomic mass is 9.94. The first-order chi connectivity index (χ1) is 20.4. The lowest BCUT2D eigenvalue weighted by Gasteiger charge is -2.35.